The van der Waals surface area contributed by atoms with Crippen molar-refractivity contribution in [1.82, 2.24) is 5.32 Å². The van der Waals surface area contributed by atoms with Gasteiger partial charge in [-0.3, -0.25) is 14.4 Å². The Morgan fingerprint density at radius 2 is 1.69 bits per heavy atom. The molecule has 1 fully saturated rings. The van der Waals surface area contributed by atoms with Crippen LogP contribution in [0.1, 0.15) is 58.6 Å². The number of carboxylic acid groups (broad SMARTS) is 1. The first-order chi connectivity index (χ1) is 17.2. The Morgan fingerprint density at radius 3 is 2.36 bits per heavy atom. The van der Waals surface area contributed by atoms with Gasteiger partial charge in [0.15, 0.2) is 23.2 Å². The summed E-state index contributed by atoms with van der Waals surface area (Å²) in [4.78, 5) is 36.2. The lowest BCUT2D eigenvalue weighted by atomic mass is 9.87. The first-order valence-electron chi connectivity index (χ1n) is 11.6. The number of rotatable bonds is 9. The first-order valence-corrected chi connectivity index (χ1v) is 12.4. The summed E-state index contributed by atoms with van der Waals surface area (Å²) < 4.78 is 48.6. The molecule has 0 spiro atoms. The lowest BCUT2D eigenvalue weighted by Crippen LogP contribution is -2.28. The first kappa shape index (κ1) is 25.7. The monoisotopic (exact) mass is 519 g/mol. The summed E-state index contributed by atoms with van der Waals surface area (Å²) in [7, 11) is 0. The third-order valence-electron chi connectivity index (χ3n) is 6.20. The van der Waals surface area contributed by atoms with Gasteiger partial charge in [-0.25, -0.2) is 13.2 Å². The minimum Gasteiger partial charge on any atom is -0.484 e. The van der Waals surface area contributed by atoms with E-state index in [4.69, 9.17) is 9.84 Å². The number of ether oxygens (including phenoxy) is 1. The second kappa shape index (κ2) is 11.1. The molecule has 4 rings (SSSR count). The zero-order valence-electron chi connectivity index (χ0n) is 19.2. The third-order valence-corrected chi connectivity index (χ3v) is 7.31. The normalized spacial score (nSPS) is 17.6. The minimum atomic E-state index is -0.992. The third kappa shape index (κ3) is 6.04. The minimum absolute atomic E-state index is 0.0316. The molecule has 0 unspecified atom stereocenters. The van der Waals surface area contributed by atoms with E-state index in [1.807, 2.05) is 0 Å². The van der Waals surface area contributed by atoms with Crippen LogP contribution in [0.5, 0.6) is 5.75 Å². The number of amides is 1. The highest BCUT2D eigenvalue weighted by Crippen LogP contribution is 2.31. The van der Waals surface area contributed by atoms with Crippen LogP contribution in [0.2, 0.25) is 0 Å². The molecule has 0 aliphatic heterocycles. The van der Waals surface area contributed by atoms with Crippen LogP contribution in [0.25, 0.3) is 10.1 Å². The zero-order chi connectivity index (χ0) is 25.8. The molecule has 1 amide bonds. The van der Waals surface area contributed by atoms with Gasteiger partial charge in [0.05, 0.1) is 16.9 Å². The summed E-state index contributed by atoms with van der Waals surface area (Å²) in [5.41, 5.74) is -0.134. The predicted octanol–water partition coefficient (Wildman–Crippen LogP) is 5.73. The molecule has 0 radical (unpaired) electrons. The Balaban J connectivity index is 1.27. The van der Waals surface area contributed by atoms with E-state index in [9.17, 15) is 27.6 Å². The number of Topliss-reactive ketones (excluding diaryl/α,β-unsaturated/α-hetero) is 1. The summed E-state index contributed by atoms with van der Waals surface area (Å²) in [5.74, 6) is -5.12. The SMILES string of the molecule is O=C(CCCNC(=O)c1cc2cc(F)ccc2s1)c1cc(F)c(OC2CCC(C(=O)O)CC2)c(F)c1. The van der Waals surface area contributed by atoms with E-state index in [-0.39, 0.29) is 36.7 Å². The molecular weight excluding hydrogens is 495 g/mol. The molecule has 0 saturated heterocycles. The highest BCUT2D eigenvalue weighted by atomic mass is 32.1. The molecule has 6 nitrogen and oxygen atoms in total. The molecule has 1 aliphatic carbocycles. The quantitative estimate of drug-likeness (QED) is 0.278. The van der Waals surface area contributed by atoms with Gasteiger partial charge in [-0.15, -0.1) is 11.3 Å². The summed E-state index contributed by atoms with van der Waals surface area (Å²) in [6.07, 6.45) is 1.24. The molecule has 1 aromatic heterocycles. The fourth-order valence-electron chi connectivity index (χ4n) is 4.24. The number of carboxylic acids is 1. The molecule has 0 atom stereocenters. The molecule has 36 heavy (non-hydrogen) atoms. The molecule has 190 valence electrons. The Hall–Kier alpha value is -3.40. The number of carbonyl (C=O) groups is 3. The molecule has 2 N–H and O–H groups in total. The number of carbonyl (C=O) groups excluding carboxylic acids is 2. The van der Waals surface area contributed by atoms with Crippen molar-refractivity contribution in [2.75, 3.05) is 6.54 Å². The topological polar surface area (TPSA) is 92.7 Å². The van der Waals surface area contributed by atoms with Gasteiger partial charge in [-0.1, -0.05) is 0 Å². The molecule has 2 aromatic carbocycles. The van der Waals surface area contributed by atoms with Crippen LogP contribution in [0, 0.1) is 23.4 Å². The van der Waals surface area contributed by atoms with Gasteiger partial charge in [-0.2, -0.15) is 0 Å². The van der Waals surface area contributed by atoms with E-state index < -0.39 is 41.2 Å². The van der Waals surface area contributed by atoms with Crippen molar-refractivity contribution < 1.29 is 37.4 Å². The average molecular weight is 520 g/mol. The predicted molar refractivity (Wildman–Crippen MR) is 128 cm³/mol. The van der Waals surface area contributed by atoms with Gasteiger partial charge >= 0.3 is 5.97 Å². The Labute approximate surface area is 209 Å². The van der Waals surface area contributed by atoms with Crippen LogP contribution in [0.4, 0.5) is 13.2 Å². The van der Waals surface area contributed by atoms with Gasteiger partial charge in [0.2, 0.25) is 0 Å². The Bertz CT molecular complexity index is 1280. The number of hydrogen-bond acceptors (Lipinski definition) is 5. The van der Waals surface area contributed by atoms with Crippen molar-refractivity contribution in [3.05, 3.63) is 64.3 Å². The Kier molecular flexibility index (Phi) is 7.93. The standard InChI is InChI=1S/C26H24F3NO5S/c27-17-5-8-22-16(10-17)13-23(36-22)25(32)30-9-1-2-21(31)15-11-19(28)24(20(29)12-15)35-18-6-3-14(4-7-18)26(33)34/h5,8,10-14,18H,1-4,6-7,9H2,(H,30,32)(H,33,34). The summed E-state index contributed by atoms with van der Waals surface area (Å²) in [5, 5.41) is 12.4. The number of hydrogen-bond donors (Lipinski definition) is 2. The van der Waals surface area contributed by atoms with Crippen LogP contribution in [-0.4, -0.2) is 35.4 Å². The van der Waals surface area contributed by atoms with E-state index in [0.29, 0.717) is 35.9 Å². The van der Waals surface area contributed by atoms with Crippen molar-refractivity contribution >= 4 is 39.1 Å². The maximum absolute atomic E-state index is 14.5. The molecular formula is C26H24F3NO5S. The Morgan fingerprint density at radius 1 is 1.00 bits per heavy atom. The average Bonchev–Trinajstić information content (AvgIpc) is 3.27. The number of benzene rings is 2. The maximum Gasteiger partial charge on any atom is 0.306 e. The second-order valence-electron chi connectivity index (χ2n) is 8.77. The number of halogens is 3. The zero-order valence-corrected chi connectivity index (χ0v) is 20.0. The van der Waals surface area contributed by atoms with Crippen LogP contribution < -0.4 is 10.1 Å². The number of fused-ring (bicyclic) bond motifs is 1. The van der Waals surface area contributed by atoms with E-state index >= 15 is 0 Å². The van der Waals surface area contributed by atoms with Crippen LogP contribution >= 0.6 is 11.3 Å². The highest BCUT2D eigenvalue weighted by molar-refractivity contribution is 7.20. The molecule has 0 bridgehead atoms. The van der Waals surface area contributed by atoms with Gasteiger partial charge in [0, 0.05) is 23.2 Å². The molecule has 3 aromatic rings. The van der Waals surface area contributed by atoms with Gasteiger partial charge in [0.1, 0.15) is 5.82 Å². The van der Waals surface area contributed by atoms with Crippen molar-refractivity contribution in [1.29, 1.82) is 0 Å². The smallest absolute Gasteiger partial charge is 0.306 e. The van der Waals surface area contributed by atoms with Crippen LogP contribution in [0.3, 0.4) is 0 Å². The second-order valence-corrected chi connectivity index (χ2v) is 9.86. The van der Waals surface area contributed by atoms with Crippen LogP contribution in [-0.2, 0) is 4.79 Å². The lowest BCUT2D eigenvalue weighted by Gasteiger charge is -2.27. The molecule has 1 heterocycles. The van der Waals surface area contributed by atoms with Crippen LogP contribution in [0.15, 0.2) is 36.4 Å². The highest BCUT2D eigenvalue weighted by Gasteiger charge is 2.28. The summed E-state index contributed by atoms with van der Waals surface area (Å²) >= 11 is 1.23. The fourth-order valence-corrected chi connectivity index (χ4v) is 5.20. The maximum atomic E-state index is 14.5. The van der Waals surface area contributed by atoms with Gasteiger partial charge < -0.3 is 15.2 Å². The number of aliphatic carboxylic acids is 1. The van der Waals surface area contributed by atoms with Crippen molar-refractivity contribution in [3.63, 3.8) is 0 Å². The van der Waals surface area contributed by atoms with Gasteiger partial charge in [-0.05, 0) is 73.9 Å². The van der Waals surface area contributed by atoms with Crippen molar-refractivity contribution in [2.45, 2.75) is 44.6 Å². The fraction of sp³-hybridized carbons (Fsp3) is 0.346. The summed E-state index contributed by atoms with van der Waals surface area (Å²) in [6.45, 7) is 0.179. The van der Waals surface area contributed by atoms with Crippen molar-refractivity contribution in [2.24, 2.45) is 5.92 Å². The van der Waals surface area contributed by atoms with E-state index in [0.717, 1.165) is 16.8 Å². The number of nitrogens with one attached hydrogen (secondary N) is 1. The molecule has 1 aliphatic rings. The van der Waals surface area contributed by atoms with Crippen molar-refractivity contribution in [3.8, 4) is 5.75 Å². The van der Waals surface area contributed by atoms with Gasteiger partial charge in [0.25, 0.3) is 5.91 Å². The largest absolute Gasteiger partial charge is 0.484 e. The lowest BCUT2D eigenvalue weighted by molar-refractivity contribution is -0.143. The number of thiophene rings is 1. The van der Waals surface area contributed by atoms with E-state index in [2.05, 4.69) is 5.32 Å². The molecule has 10 heteroatoms. The molecule has 1 saturated carbocycles. The summed E-state index contributed by atoms with van der Waals surface area (Å²) in [6, 6.07) is 7.72. The van der Waals surface area contributed by atoms with E-state index in [1.54, 1.807) is 12.1 Å². The number of ketones is 1. The van der Waals surface area contributed by atoms with E-state index in [1.165, 1.54) is 23.5 Å².